The van der Waals surface area contributed by atoms with E-state index in [-0.39, 0.29) is 22.5 Å². The molecular weight excluding hydrogens is 617 g/mol. The zero-order valence-corrected chi connectivity index (χ0v) is 22.0. The van der Waals surface area contributed by atoms with Crippen LogP contribution in [0.25, 0.3) is 16.9 Å². The molecule has 2 aromatic carbocycles. The number of nitrogens with two attached hydrogens (primary N) is 1. The van der Waals surface area contributed by atoms with Crippen molar-refractivity contribution in [1.82, 2.24) is 19.7 Å². The minimum Gasteiger partial charge on any atom is -0.475 e. The maximum Gasteiger partial charge on any atom is 0.490 e. The van der Waals surface area contributed by atoms with E-state index in [1.165, 1.54) is 37.3 Å². The number of halogens is 9. The number of fused-ring (bicyclic) bond motifs is 1. The van der Waals surface area contributed by atoms with Gasteiger partial charge >= 0.3 is 24.5 Å². The number of rotatable bonds is 5. The Morgan fingerprint density at radius 2 is 1.57 bits per heavy atom. The van der Waals surface area contributed by atoms with Gasteiger partial charge in [0.25, 0.3) is 5.91 Å². The highest BCUT2D eigenvalue weighted by atomic mass is 19.4. The van der Waals surface area contributed by atoms with Crippen LogP contribution in [0, 0.1) is 6.92 Å². The number of carbonyl (C=O) groups is 2. The summed E-state index contributed by atoms with van der Waals surface area (Å²) in [5.74, 6) is -4.11. The third-order valence-corrected chi connectivity index (χ3v) is 6.05. The number of amides is 1. The Bertz CT molecular complexity index is 1670. The second-order valence-corrected chi connectivity index (χ2v) is 9.09. The van der Waals surface area contributed by atoms with E-state index in [4.69, 9.17) is 15.6 Å². The predicted octanol–water partition coefficient (Wildman–Crippen LogP) is 5.12. The summed E-state index contributed by atoms with van der Waals surface area (Å²) in [5, 5.41) is 20.0. The van der Waals surface area contributed by atoms with Gasteiger partial charge in [-0.25, -0.2) is 14.8 Å². The molecule has 0 aliphatic carbocycles. The fourth-order valence-corrected chi connectivity index (χ4v) is 3.77. The first-order valence-corrected chi connectivity index (χ1v) is 11.9. The first kappa shape index (κ1) is 33.6. The second-order valence-electron chi connectivity index (χ2n) is 9.09. The molecule has 1 atom stereocenters. The third kappa shape index (κ3) is 7.19. The number of alkyl halides is 9. The summed E-state index contributed by atoms with van der Waals surface area (Å²) in [6.45, 7) is 0.312. The lowest BCUT2D eigenvalue weighted by molar-refractivity contribution is -0.263. The maximum absolute atomic E-state index is 14.1. The molecule has 0 saturated heterocycles. The Kier molecular flexibility index (Phi) is 9.19. The van der Waals surface area contributed by atoms with Gasteiger partial charge in [0.05, 0.1) is 18.4 Å². The largest absolute Gasteiger partial charge is 0.490 e. The van der Waals surface area contributed by atoms with Crippen LogP contribution in [-0.2, 0) is 16.6 Å². The lowest BCUT2D eigenvalue weighted by Gasteiger charge is -2.31. The van der Waals surface area contributed by atoms with Crippen LogP contribution >= 0.6 is 0 Å². The number of nitrogens with one attached hydrogen (secondary N) is 1. The molecule has 2 aromatic heterocycles. The lowest BCUT2D eigenvalue weighted by atomic mass is 9.89. The molecule has 44 heavy (non-hydrogen) atoms. The Balaban J connectivity index is 0.000000676. The van der Waals surface area contributed by atoms with Crippen LogP contribution in [0.4, 0.5) is 45.3 Å². The predicted molar refractivity (Wildman–Crippen MR) is 135 cm³/mol. The molecule has 236 valence electrons. The van der Waals surface area contributed by atoms with Crippen LogP contribution < -0.4 is 11.1 Å². The third-order valence-electron chi connectivity index (χ3n) is 6.05. The average molecular weight is 637 g/mol. The second kappa shape index (κ2) is 12.0. The van der Waals surface area contributed by atoms with Gasteiger partial charge in [-0.1, -0.05) is 30.3 Å². The number of benzene rings is 2. The normalized spacial score (nSPS) is 13.5. The highest BCUT2D eigenvalue weighted by Crippen LogP contribution is 2.41. The van der Waals surface area contributed by atoms with Crippen molar-refractivity contribution in [2.24, 2.45) is 0 Å². The summed E-state index contributed by atoms with van der Waals surface area (Å²) in [7, 11) is 0. The zero-order valence-electron chi connectivity index (χ0n) is 22.0. The molecule has 0 spiro atoms. The van der Waals surface area contributed by atoms with Gasteiger partial charge in [0, 0.05) is 17.3 Å². The summed E-state index contributed by atoms with van der Waals surface area (Å²) in [6.07, 6.45) is -13.4. The molecule has 0 aliphatic rings. The summed E-state index contributed by atoms with van der Waals surface area (Å²) in [6, 6.07) is 10.8. The number of carboxylic acids is 1. The van der Waals surface area contributed by atoms with Crippen molar-refractivity contribution in [3.05, 3.63) is 83.3 Å². The fourth-order valence-electron chi connectivity index (χ4n) is 3.77. The summed E-state index contributed by atoms with van der Waals surface area (Å²) in [5.41, 5.74) is 0.552. The van der Waals surface area contributed by atoms with Gasteiger partial charge in [-0.3, -0.25) is 9.20 Å². The van der Waals surface area contributed by atoms with Crippen LogP contribution in [0.1, 0.15) is 27.2 Å². The number of aromatic nitrogens is 3. The minimum atomic E-state index is -5.22. The van der Waals surface area contributed by atoms with Crippen molar-refractivity contribution in [3.63, 3.8) is 0 Å². The summed E-state index contributed by atoms with van der Waals surface area (Å²) < 4.78 is 115. The van der Waals surface area contributed by atoms with Crippen molar-refractivity contribution in [2.45, 2.75) is 31.1 Å². The maximum atomic E-state index is 14.1. The average Bonchev–Trinajstić information content (AvgIpc) is 3.35. The van der Waals surface area contributed by atoms with E-state index in [1.807, 2.05) is 0 Å². The fraction of sp³-hybridized carbons (Fsp3) is 0.231. The summed E-state index contributed by atoms with van der Waals surface area (Å²) >= 11 is 0. The number of carboxylic acid groups (broad SMARTS) is 1. The number of carbonyl (C=O) groups excluding carboxylic acids is 1. The van der Waals surface area contributed by atoms with Gasteiger partial charge in [-0.2, -0.15) is 39.5 Å². The number of imidazole rings is 1. The highest BCUT2D eigenvalue weighted by molar-refractivity contribution is 5.94. The van der Waals surface area contributed by atoms with Crippen LogP contribution in [0.15, 0.2) is 60.9 Å². The van der Waals surface area contributed by atoms with Crippen LogP contribution in [0.2, 0.25) is 0 Å². The van der Waals surface area contributed by atoms with Crippen molar-refractivity contribution < 1.29 is 59.3 Å². The molecule has 0 radical (unpaired) electrons. The molecule has 0 bridgehead atoms. The standard InChI is InChI=1S/C24H19F6N5O2.C2HF3O2/c1-13-7-8-15(22(37,24(28,29)30)12-33-21(36)14-5-3-2-4-6-14)9-16(13)17-10-32-20-19(31)34-18(11-35(17)20)23(25,26)27;3-2(4,5)1(6)7/h2-11,37H,12H2,1H3,(H2,31,34)(H,33,36);(H,6,7). The SMILES string of the molecule is Cc1ccc(C(O)(CNC(=O)c2ccccc2)C(F)(F)F)cc1-c1cnc2c(N)nc(C(F)(F)F)cn12.O=C(O)C(F)(F)F. The summed E-state index contributed by atoms with van der Waals surface area (Å²) in [4.78, 5) is 28.5. The molecule has 2 heterocycles. The molecule has 4 rings (SSSR count). The van der Waals surface area contributed by atoms with E-state index in [9.17, 15) is 49.4 Å². The van der Waals surface area contributed by atoms with Crippen molar-refractivity contribution in [2.75, 3.05) is 12.3 Å². The smallest absolute Gasteiger partial charge is 0.475 e. The molecule has 1 amide bonds. The molecule has 9 nitrogen and oxygen atoms in total. The highest BCUT2D eigenvalue weighted by Gasteiger charge is 2.55. The quantitative estimate of drug-likeness (QED) is 0.223. The number of aliphatic carboxylic acids is 1. The van der Waals surface area contributed by atoms with E-state index < -0.39 is 59.6 Å². The van der Waals surface area contributed by atoms with Crippen molar-refractivity contribution in [3.8, 4) is 11.3 Å². The van der Waals surface area contributed by atoms with E-state index in [0.717, 1.165) is 22.7 Å². The van der Waals surface area contributed by atoms with Crippen LogP contribution in [-0.4, -0.2) is 55.4 Å². The topological polar surface area (TPSA) is 143 Å². The van der Waals surface area contributed by atoms with Crippen molar-refractivity contribution >= 4 is 23.3 Å². The first-order valence-electron chi connectivity index (χ1n) is 11.9. The number of nitrogens with zero attached hydrogens (tertiary/aromatic N) is 3. The molecule has 4 aromatic rings. The number of aryl methyl sites for hydroxylation is 1. The molecule has 0 aliphatic heterocycles. The van der Waals surface area contributed by atoms with E-state index in [0.29, 0.717) is 11.8 Å². The minimum absolute atomic E-state index is 0.00760. The number of anilines is 1. The van der Waals surface area contributed by atoms with E-state index >= 15 is 0 Å². The van der Waals surface area contributed by atoms with Gasteiger partial charge in [-0.15, -0.1) is 0 Å². The Labute approximate surface area is 240 Å². The molecule has 1 unspecified atom stereocenters. The van der Waals surface area contributed by atoms with Gasteiger partial charge < -0.3 is 21.3 Å². The van der Waals surface area contributed by atoms with E-state index in [1.54, 1.807) is 6.07 Å². The van der Waals surface area contributed by atoms with Gasteiger partial charge in [-0.05, 0) is 36.2 Å². The molecule has 0 saturated carbocycles. The number of hydrogen-bond donors (Lipinski definition) is 4. The van der Waals surface area contributed by atoms with Gasteiger partial charge in [0.15, 0.2) is 17.2 Å². The Morgan fingerprint density at radius 3 is 2.09 bits per heavy atom. The van der Waals surface area contributed by atoms with Gasteiger partial charge in [0.2, 0.25) is 5.60 Å². The Morgan fingerprint density at radius 1 is 0.977 bits per heavy atom. The van der Waals surface area contributed by atoms with Crippen LogP contribution in [0.5, 0.6) is 0 Å². The molecule has 5 N–H and O–H groups in total. The number of hydrogen-bond acceptors (Lipinski definition) is 6. The first-order chi connectivity index (χ1) is 20.2. The van der Waals surface area contributed by atoms with Gasteiger partial charge in [0.1, 0.15) is 0 Å². The Hall–Kier alpha value is -4.87. The number of nitrogen functional groups attached to an aromatic ring is 1. The lowest BCUT2D eigenvalue weighted by Crippen LogP contribution is -2.51. The number of aliphatic hydroxyl groups is 1. The van der Waals surface area contributed by atoms with Crippen molar-refractivity contribution in [1.29, 1.82) is 0 Å². The molecule has 0 fully saturated rings. The van der Waals surface area contributed by atoms with Crippen LogP contribution in [0.3, 0.4) is 0 Å². The zero-order chi connectivity index (χ0) is 33.3. The monoisotopic (exact) mass is 637 g/mol. The molecular formula is C26H20F9N5O4. The van der Waals surface area contributed by atoms with E-state index in [2.05, 4.69) is 15.3 Å². The molecule has 18 heteroatoms.